The molecule has 0 aliphatic heterocycles. The van der Waals surface area contributed by atoms with Gasteiger partial charge >= 0.3 is 0 Å². The highest BCUT2D eigenvalue weighted by Gasteiger charge is 2.55. The summed E-state index contributed by atoms with van der Waals surface area (Å²) < 4.78 is 5.81. The highest BCUT2D eigenvalue weighted by atomic mass is 16.5. The van der Waals surface area contributed by atoms with Crippen LogP contribution in [0.5, 0.6) is 5.75 Å². The van der Waals surface area contributed by atoms with Crippen molar-refractivity contribution >= 4 is 6.08 Å². The Balaban J connectivity index is 1.24. The van der Waals surface area contributed by atoms with E-state index in [1.165, 1.54) is 30.4 Å². The number of rotatable bonds is 7. The minimum atomic E-state index is 0.518. The Morgan fingerprint density at radius 3 is 2.39 bits per heavy atom. The molecule has 2 aromatic carbocycles. The first-order chi connectivity index (χ1) is 11.3. The van der Waals surface area contributed by atoms with E-state index < -0.39 is 0 Å². The summed E-state index contributed by atoms with van der Waals surface area (Å²) in [4.78, 5) is 0. The normalized spacial score (nSPS) is 25.0. The van der Waals surface area contributed by atoms with E-state index in [2.05, 4.69) is 41.7 Å². The van der Waals surface area contributed by atoms with Gasteiger partial charge in [0.25, 0.3) is 0 Å². The molecule has 0 radical (unpaired) electrons. The van der Waals surface area contributed by atoms with Crippen molar-refractivity contribution in [3.63, 3.8) is 0 Å². The van der Waals surface area contributed by atoms with Crippen molar-refractivity contribution in [1.29, 1.82) is 0 Å². The average Bonchev–Trinajstić information content (AvgIpc) is 2.52. The fourth-order valence-corrected chi connectivity index (χ4v) is 3.58. The molecule has 2 heteroatoms. The van der Waals surface area contributed by atoms with Crippen LogP contribution < -0.4 is 10.1 Å². The third-order valence-corrected chi connectivity index (χ3v) is 5.07. The molecule has 5 rings (SSSR count). The number of nitrogens with one attached hydrogen (secondary N) is 1. The van der Waals surface area contributed by atoms with Crippen molar-refractivity contribution in [2.45, 2.75) is 31.4 Å². The van der Waals surface area contributed by atoms with Crippen LogP contribution in [0.2, 0.25) is 0 Å². The predicted octanol–water partition coefficient (Wildman–Crippen LogP) is 4.42. The molecule has 0 saturated heterocycles. The molecule has 118 valence electrons. The van der Waals surface area contributed by atoms with Crippen LogP contribution in [-0.2, 0) is 6.61 Å². The van der Waals surface area contributed by atoms with E-state index >= 15 is 0 Å². The van der Waals surface area contributed by atoms with Gasteiger partial charge in [-0.2, -0.15) is 0 Å². The summed E-state index contributed by atoms with van der Waals surface area (Å²) in [6, 6.07) is 18.5. The molecule has 0 atom stereocenters. The Labute approximate surface area is 138 Å². The fourth-order valence-electron chi connectivity index (χ4n) is 3.58. The zero-order valence-electron chi connectivity index (χ0n) is 13.4. The maximum atomic E-state index is 5.81. The van der Waals surface area contributed by atoms with Gasteiger partial charge in [-0.1, -0.05) is 54.6 Å². The van der Waals surface area contributed by atoms with Crippen molar-refractivity contribution in [1.82, 2.24) is 5.32 Å². The molecule has 0 amide bonds. The molecule has 3 aliphatic carbocycles. The monoisotopic (exact) mass is 305 g/mol. The van der Waals surface area contributed by atoms with Gasteiger partial charge < -0.3 is 10.1 Å². The summed E-state index contributed by atoms with van der Waals surface area (Å²) in [5.74, 6) is 1.95. The van der Waals surface area contributed by atoms with Crippen molar-refractivity contribution in [3.8, 4) is 5.75 Å². The summed E-state index contributed by atoms with van der Waals surface area (Å²) in [7, 11) is 0. The highest BCUT2D eigenvalue weighted by molar-refractivity contribution is 5.50. The molecule has 0 spiro atoms. The van der Waals surface area contributed by atoms with Crippen LogP contribution in [0.4, 0.5) is 0 Å². The molecule has 2 aromatic rings. The summed E-state index contributed by atoms with van der Waals surface area (Å²) >= 11 is 0. The lowest BCUT2D eigenvalue weighted by molar-refractivity contribution is -0.0477. The fraction of sp³-hybridized carbons (Fsp3) is 0.333. The van der Waals surface area contributed by atoms with Gasteiger partial charge in [-0.3, -0.25) is 0 Å². The minimum Gasteiger partial charge on any atom is -0.489 e. The van der Waals surface area contributed by atoms with Crippen molar-refractivity contribution in [3.05, 3.63) is 71.8 Å². The van der Waals surface area contributed by atoms with Gasteiger partial charge in [0.1, 0.15) is 12.4 Å². The minimum absolute atomic E-state index is 0.518. The third-order valence-electron chi connectivity index (χ3n) is 5.07. The molecule has 3 saturated carbocycles. The van der Waals surface area contributed by atoms with Crippen LogP contribution in [-0.4, -0.2) is 12.1 Å². The van der Waals surface area contributed by atoms with Crippen LogP contribution in [0.3, 0.4) is 0 Å². The standard InChI is InChI=1S/C21H23NO/c1-2-5-18(6-3-1)16-23-20-10-8-17(9-11-20)7-4-12-22-21-13-19(14-21)15-21/h1-11,19,22H,12-16H2/b7-4+. The molecular formula is C21H23NO. The maximum Gasteiger partial charge on any atom is 0.119 e. The topological polar surface area (TPSA) is 21.3 Å². The van der Waals surface area contributed by atoms with E-state index in [9.17, 15) is 0 Å². The zero-order valence-corrected chi connectivity index (χ0v) is 13.4. The lowest BCUT2D eigenvalue weighted by Crippen LogP contribution is -2.66. The van der Waals surface area contributed by atoms with Gasteiger partial charge in [-0.25, -0.2) is 0 Å². The van der Waals surface area contributed by atoms with E-state index in [0.717, 1.165) is 18.2 Å². The predicted molar refractivity (Wildman–Crippen MR) is 94.3 cm³/mol. The largest absolute Gasteiger partial charge is 0.489 e. The van der Waals surface area contributed by atoms with E-state index in [1.54, 1.807) is 0 Å². The van der Waals surface area contributed by atoms with Crippen molar-refractivity contribution in [2.24, 2.45) is 5.92 Å². The molecule has 2 bridgehead atoms. The van der Waals surface area contributed by atoms with Gasteiger partial charge in [0.15, 0.2) is 0 Å². The summed E-state index contributed by atoms with van der Waals surface area (Å²) in [5.41, 5.74) is 2.93. The van der Waals surface area contributed by atoms with Crippen LogP contribution in [0.15, 0.2) is 60.7 Å². The Morgan fingerprint density at radius 1 is 1.00 bits per heavy atom. The van der Waals surface area contributed by atoms with E-state index in [0.29, 0.717) is 12.1 Å². The molecular weight excluding hydrogens is 282 g/mol. The van der Waals surface area contributed by atoms with E-state index in [4.69, 9.17) is 4.74 Å². The lowest BCUT2D eigenvalue weighted by Gasteiger charge is -2.62. The Bertz CT molecular complexity index is 658. The molecule has 1 N–H and O–H groups in total. The smallest absolute Gasteiger partial charge is 0.119 e. The first-order valence-electron chi connectivity index (χ1n) is 8.50. The Kier molecular flexibility index (Phi) is 3.92. The Morgan fingerprint density at radius 2 is 1.74 bits per heavy atom. The average molecular weight is 305 g/mol. The van der Waals surface area contributed by atoms with Crippen molar-refractivity contribution in [2.75, 3.05) is 6.54 Å². The molecule has 0 unspecified atom stereocenters. The van der Waals surface area contributed by atoms with Crippen LogP contribution in [0.25, 0.3) is 6.08 Å². The second-order valence-electron chi connectivity index (χ2n) is 6.89. The quantitative estimate of drug-likeness (QED) is 0.817. The SMILES string of the molecule is C(=C\c1ccc(OCc2ccccc2)cc1)/CNC12CC(C1)C2. The first-order valence-corrected chi connectivity index (χ1v) is 8.50. The number of benzene rings is 2. The molecule has 0 heterocycles. The number of hydrogen-bond acceptors (Lipinski definition) is 2. The van der Waals surface area contributed by atoms with E-state index in [1.807, 2.05) is 30.3 Å². The third kappa shape index (κ3) is 3.32. The number of hydrogen-bond donors (Lipinski definition) is 1. The van der Waals surface area contributed by atoms with Gasteiger partial charge in [0.2, 0.25) is 0 Å². The van der Waals surface area contributed by atoms with Gasteiger partial charge in [-0.15, -0.1) is 0 Å². The number of ether oxygens (including phenoxy) is 1. The first kappa shape index (κ1) is 14.5. The van der Waals surface area contributed by atoms with Crippen LogP contribution >= 0.6 is 0 Å². The molecule has 2 nitrogen and oxygen atoms in total. The summed E-state index contributed by atoms with van der Waals surface area (Å²) in [6.07, 6.45) is 8.59. The van der Waals surface area contributed by atoms with Crippen molar-refractivity contribution < 1.29 is 4.74 Å². The van der Waals surface area contributed by atoms with Crippen LogP contribution in [0.1, 0.15) is 30.4 Å². The van der Waals surface area contributed by atoms with E-state index in [-0.39, 0.29) is 0 Å². The van der Waals surface area contributed by atoms with Gasteiger partial charge in [-0.05, 0) is 48.4 Å². The summed E-state index contributed by atoms with van der Waals surface area (Å²) in [5, 5.41) is 3.67. The van der Waals surface area contributed by atoms with Gasteiger partial charge in [0, 0.05) is 12.1 Å². The lowest BCUT2D eigenvalue weighted by atomic mass is 9.50. The second-order valence-corrected chi connectivity index (χ2v) is 6.89. The highest BCUT2D eigenvalue weighted by Crippen LogP contribution is 2.56. The maximum absolute atomic E-state index is 5.81. The molecule has 23 heavy (non-hydrogen) atoms. The summed E-state index contributed by atoms with van der Waals surface area (Å²) in [6.45, 7) is 1.59. The van der Waals surface area contributed by atoms with Crippen LogP contribution in [0, 0.1) is 5.92 Å². The molecule has 3 aliphatic rings. The second kappa shape index (κ2) is 6.21. The molecule has 0 aromatic heterocycles. The molecule has 3 fully saturated rings. The Hall–Kier alpha value is -2.06. The zero-order chi connectivity index (χ0) is 15.5. The van der Waals surface area contributed by atoms with Gasteiger partial charge in [0.05, 0.1) is 0 Å².